The normalized spacial score (nSPS) is 17.1. The lowest BCUT2D eigenvalue weighted by Gasteiger charge is -2.18. The molecule has 132 valence electrons. The molecule has 1 aliphatic rings. The smallest absolute Gasteiger partial charge is 0.232 e. The van der Waals surface area contributed by atoms with Crippen molar-refractivity contribution >= 4 is 11.6 Å². The maximum absolute atomic E-state index is 12.5. The molecule has 1 fully saturated rings. The third-order valence-electron chi connectivity index (χ3n) is 4.95. The molecule has 3 aromatic rings. The Labute approximate surface area is 152 Å². The standard InChI is InChI=1S/C21H21N3O2/c1-13-8-9-17(15(3)10-13)20-22-21(26-23-20)16-11-19(25)24(12-16)18-7-5-4-6-14(18)2/h4-10,16H,11-12H2,1-3H3. The zero-order valence-corrected chi connectivity index (χ0v) is 15.2. The van der Waals surface area contributed by atoms with Gasteiger partial charge in [0.1, 0.15) is 0 Å². The van der Waals surface area contributed by atoms with Crippen LogP contribution in [0.2, 0.25) is 0 Å². The monoisotopic (exact) mass is 347 g/mol. The van der Waals surface area contributed by atoms with Crippen LogP contribution in [0.4, 0.5) is 5.69 Å². The first-order chi connectivity index (χ1) is 12.5. The number of aromatic nitrogens is 2. The highest BCUT2D eigenvalue weighted by atomic mass is 16.5. The molecule has 1 aliphatic heterocycles. The van der Waals surface area contributed by atoms with E-state index in [-0.39, 0.29) is 11.8 Å². The highest BCUT2D eigenvalue weighted by Gasteiger charge is 2.35. The number of para-hydroxylation sites is 1. The number of aryl methyl sites for hydroxylation is 3. The van der Waals surface area contributed by atoms with E-state index in [1.807, 2.05) is 55.1 Å². The van der Waals surface area contributed by atoms with Crippen molar-refractivity contribution < 1.29 is 9.32 Å². The predicted octanol–water partition coefficient (Wildman–Crippen LogP) is 4.18. The van der Waals surface area contributed by atoms with Crippen molar-refractivity contribution in [2.75, 3.05) is 11.4 Å². The molecule has 26 heavy (non-hydrogen) atoms. The van der Waals surface area contributed by atoms with Crippen molar-refractivity contribution in [3.63, 3.8) is 0 Å². The molecule has 2 aromatic carbocycles. The average Bonchev–Trinajstić information content (AvgIpc) is 3.22. The maximum Gasteiger partial charge on any atom is 0.232 e. The summed E-state index contributed by atoms with van der Waals surface area (Å²) in [6, 6.07) is 14.1. The lowest BCUT2D eigenvalue weighted by atomic mass is 10.1. The fourth-order valence-electron chi connectivity index (χ4n) is 3.55. The van der Waals surface area contributed by atoms with Crippen LogP contribution in [-0.2, 0) is 4.79 Å². The van der Waals surface area contributed by atoms with Gasteiger partial charge in [-0.2, -0.15) is 4.98 Å². The average molecular weight is 347 g/mol. The molecule has 0 spiro atoms. The molecule has 5 nitrogen and oxygen atoms in total. The Hall–Kier alpha value is -2.95. The Morgan fingerprint density at radius 1 is 1.08 bits per heavy atom. The van der Waals surface area contributed by atoms with Crippen molar-refractivity contribution in [2.24, 2.45) is 0 Å². The van der Waals surface area contributed by atoms with Crippen molar-refractivity contribution in [1.82, 2.24) is 10.1 Å². The van der Waals surface area contributed by atoms with E-state index in [9.17, 15) is 4.79 Å². The van der Waals surface area contributed by atoms with Gasteiger partial charge in [-0.05, 0) is 38.0 Å². The number of hydrogen-bond acceptors (Lipinski definition) is 4. The van der Waals surface area contributed by atoms with E-state index in [0.29, 0.717) is 24.7 Å². The molecule has 1 aromatic heterocycles. The van der Waals surface area contributed by atoms with Crippen LogP contribution in [0.5, 0.6) is 0 Å². The van der Waals surface area contributed by atoms with E-state index in [0.717, 1.165) is 22.4 Å². The van der Waals surface area contributed by atoms with Gasteiger partial charge < -0.3 is 9.42 Å². The van der Waals surface area contributed by atoms with Crippen molar-refractivity contribution in [3.05, 3.63) is 65.0 Å². The maximum atomic E-state index is 12.5. The fourth-order valence-corrected chi connectivity index (χ4v) is 3.55. The second kappa shape index (κ2) is 6.41. The molecule has 4 rings (SSSR count). The first kappa shape index (κ1) is 16.5. The SMILES string of the molecule is Cc1ccc(-c2noc(C3CC(=O)N(c4ccccc4C)C3)n2)c(C)c1. The largest absolute Gasteiger partial charge is 0.339 e. The number of rotatable bonds is 3. The van der Waals surface area contributed by atoms with Crippen molar-refractivity contribution in [1.29, 1.82) is 0 Å². The summed E-state index contributed by atoms with van der Waals surface area (Å²) in [4.78, 5) is 18.9. The van der Waals surface area contributed by atoms with Crippen LogP contribution in [0.1, 0.15) is 34.9 Å². The molecule has 0 radical (unpaired) electrons. The highest BCUT2D eigenvalue weighted by molar-refractivity contribution is 5.97. The second-order valence-corrected chi connectivity index (χ2v) is 6.97. The Morgan fingerprint density at radius 2 is 1.88 bits per heavy atom. The lowest BCUT2D eigenvalue weighted by molar-refractivity contribution is -0.117. The second-order valence-electron chi connectivity index (χ2n) is 6.97. The van der Waals surface area contributed by atoms with Crippen LogP contribution >= 0.6 is 0 Å². The lowest BCUT2D eigenvalue weighted by Crippen LogP contribution is -2.25. The molecule has 0 aliphatic carbocycles. The van der Waals surface area contributed by atoms with Gasteiger partial charge in [0.15, 0.2) is 0 Å². The van der Waals surface area contributed by atoms with Gasteiger partial charge in [0, 0.05) is 24.2 Å². The van der Waals surface area contributed by atoms with E-state index >= 15 is 0 Å². The summed E-state index contributed by atoms with van der Waals surface area (Å²) < 4.78 is 5.51. The van der Waals surface area contributed by atoms with Gasteiger partial charge in [0.25, 0.3) is 0 Å². The molecule has 1 unspecified atom stereocenters. The van der Waals surface area contributed by atoms with Gasteiger partial charge in [0.2, 0.25) is 17.6 Å². The Balaban J connectivity index is 1.59. The number of nitrogens with zero attached hydrogens (tertiary/aromatic N) is 3. The number of carbonyl (C=O) groups is 1. The van der Waals surface area contributed by atoms with Crippen LogP contribution in [0.25, 0.3) is 11.4 Å². The summed E-state index contributed by atoms with van der Waals surface area (Å²) in [6.45, 7) is 6.68. The topological polar surface area (TPSA) is 59.2 Å². The minimum absolute atomic E-state index is 0.0749. The van der Waals surface area contributed by atoms with E-state index < -0.39 is 0 Å². The van der Waals surface area contributed by atoms with Gasteiger partial charge in [-0.1, -0.05) is 47.1 Å². The molecule has 5 heteroatoms. The van der Waals surface area contributed by atoms with Gasteiger partial charge in [-0.25, -0.2) is 0 Å². The summed E-state index contributed by atoms with van der Waals surface area (Å²) in [7, 11) is 0. The van der Waals surface area contributed by atoms with Gasteiger partial charge in [0.05, 0.1) is 5.92 Å². The number of hydrogen-bond donors (Lipinski definition) is 0. The first-order valence-corrected chi connectivity index (χ1v) is 8.80. The summed E-state index contributed by atoms with van der Waals surface area (Å²) in [5.74, 6) is 1.13. The Kier molecular flexibility index (Phi) is 4.07. The number of anilines is 1. The van der Waals surface area contributed by atoms with Crippen LogP contribution in [0, 0.1) is 20.8 Å². The molecule has 0 N–H and O–H groups in total. The van der Waals surface area contributed by atoms with Crippen molar-refractivity contribution in [3.8, 4) is 11.4 Å². The third-order valence-corrected chi connectivity index (χ3v) is 4.95. The van der Waals surface area contributed by atoms with Crippen LogP contribution in [-0.4, -0.2) is 22.6 Å². The Morgan fingerprint density at radius 3 is 2.65 bits per heavy atom. The highest BCUT2D eigenvalue weighted by Crippen LogP contribution is 2.33. The van der Waals surface area contributed by atoms with E-state index in [4.69, 9.17) is 4.52 Å². The third kappa shape index (κ3) is 2.90. The predicted molar refractivity (Wildman–Crippen MR) is 100 cm³/mol. The minimum atomic E-state index is -0.0749. The van der Waals surface area contributed by atoms with Gasteiger partial charge in [-0.15, -0.1) is 0 Å². The van der Waals surface area contributed by atoms with Crippen LogP contribution in [0.3, 0.4) is 0 Å². The summed E-state index contributed by atoms with van der Waals surface area (Å²) in [5.41, 5.74) is 5.31. The van der Waals surface area contributed by atoms with E-state index in [1.54, 1.807) is 0 Å². The minimum Gasteiger partial charge on any atom is -0.339 e. The molecule has 0 bridgehead atoms. The molecule has 2 heterocycles. The van der Waals surface area contributed by atoms with E-state index in [1.165, 1.54) is 5.56 Å². The number of amides is 1. The molecular formula is C21H21N3O2. The molecule has 1 atom stereocenters. The number of benzene rings is 2. The summed E-state index contributed by atoms with van der Waals surface area (Å²) >= 11 is 0. The first-order valence-electron chi connectivity index (χ1n) is 8.80. The van der Waals surface area contributed by atoms with Crippen molar-refractivity contribution in [2.45, 2.75) is 33.1 Å². The summed E-state index contributed by atoms with van der Waals surface area (Å²) in [6.07, 6.45) is 0.392. The van der Waals surface area contributed by atoms with Gasteiger partial charge in [-0.3, -0.25) is 4.79 Å². The van der Waals surface area contributed by atoms with Crippen LogP contribution in [0.15, 0.2) is 47.0 Å². The van der Waals surface area contributed by atoms with Crippen LogP contribution < -0.4 is 4.90 Å². The molecular weight excluding hydrogens is 326 g/mol. The zero-order chi connectivity index (χ0) is 18.3. The summed E-state index contributed by atoms with van der Waals surface area (Å²) in [5, 5.41) is 4.15. The fraction of sp³-hybridized carbons (Fsp3) is 0.286. The van der Waals surface area contributed by atoms with E-state index in [2.05, 4.69) is 23.1 Å². The molecule has 0 saturated carbocycles. The molecule has 1 amide bonds. The number of carbonyl (C=O) groups excluding carboxylic acids is 1. The zero-order valence-electron chi connectivity index (χ0n) is 15.2. The quantitative estimate of drug-likeness (QED) is 0.713. The Bertz CT molecular complexity index is 977. The van der Waals surface area contributed by atoms with Gasteiger partial charge >= 0.3 is 0 Å². The molecule has 1 saturated heterocycles.